The normalized spacial score (nSPS) is 10.3. The molecule has 2 N–H and O–H groups in total. The Bertz CT molecular complexity index is 845. The molecular formula is C20H22ClFN2O4. The average Bonchev–Trinajstić information content (AvgIpc) is 2.68. The first-order chi connectivity index (χ1) is 13.5. The highest BCUT2D eigenvalue weighted by atomic mass is 35.5. The van der Waals surface area contributed by atoms with Gasteiger partial charge >= 0.3 is 0 Å². The molecule has 0 atom stereocenters. The Morgan fingerprint density at radius 1 is 1.07 bits per heavy atom. The molecule has 2 aromatic carbocycles. The van der Waals surface area contributed by atoms with Gasteiger partial charge in [0.25, 0.3) is 11.8 Å². The molecule has 2 aromatic rings. The molecule has 0 spiro atoms. The highest BCUT2D eigenvalue weighted by molar-refractivity contribution is 6.32. The quantitative estimate of drug-likeness (QED) is 0.508. The maximum atomic E-state index is 13.6. The Labute approximate surface area is 167 Å². The lowest BCUT2D eigenvalue weighted by atomic mass is 10.2. The molecule has 28 heavy (non-hydrogen) atoms. The molecule has 0 heterocycles. The van der Waals surface area contributed by atoms with Crippen molar-refractivity contribution in [1.29, 1.82) is 0 Å². The number of hydrogen-bond donors (Lipinski definition) is 2. The predicted octanol–water partition coefficient (Wildman–Crippen LogP) is 4.13. The summed E-state index contributed by atoms with van der Waals surface area (Å²) in [5.74, 6) is -1.40. The van der Waals surface area contributed by atoms with E-state index in [-0.39, 0.29) is 16.1 Å². The summed E-state index contributed by atoms with van der Waals surface area (Å²) < 4.78 is 24.8. The molecule has 150 valence electrons. The number of ether oxygens (including phenoxy) is 2. The molecule has 0 unspecified atom stereocenters. The fourth-order valence-corrected chi connectivity index (χ4v) is 2.58. The van der Waals surface area contributed by atoms with Gasteiger partial charge in [0, 0.05) is 5.56 Å². The number of unbranched alkanes of at least 4 members (excludes halogenated alkanes) is 1. The number of hydrazine groups is 1. The lowest BCUT2D eigenvalue weighted by molar-refractivity contribution is 0.0844. The summed E-state index contributed by atoms with van der Waals surface area (Å²) in [4.78, 5) is 24.4. The van der Waals surface area contributed by atoms with Crippen LogP contribution in [0.3, 0.4) is 0 Å². The van der Waals surface area contributed by atoms with Crippen molar-refractivity contribution < 1.29 is 23.5 Å². The van der Waals surface area contributed by atoms with Crippen molar-refractivity contribution in [1.82, 2.24) is 10.9 Å². The van der Waals surface area contributed by atoms with Crippen LogP contribution in [0, 0.1) is 5.82 Å². The molecule has 0 fully saturated rings. The van der Waals surface area contributed by atoms with Gasteiger partial charge in [-0.2, -0.15) is 0 Å². The van der Waals surface area contributed by atoms with E-state index >= 15 is 0 Å². The summed E-state index contributed by atoms with van der Waals surface area (Å²) in [6, 6.07) is 8.33. The first kappa shape index (κ1) is 21.5. The average molecular weight is 409 g/mol. The molecule has 0 aliphatic rings. The van der Waals surface area contributed by atoms with E-state index in [9.17, 15) is 14.0 Å². The van der Waals surface area contributed by atoms with Crippen molar-refractivity contribution in [3.8, 4) is 11.5 Å². The Balaban J connectivity index is 2.12. The van der Waals surface area contributed by atoms with Crippen LogP contribution in [0.15, 0.2) is 36.4 Å². The fraction of sp³-hybridized carbons (Fsp3) is 0.300. The second-order valence-electron chi connectivity index (χ2n) is 5.81. The van der Waals surface area contributed by atoms with E-state index in [2.05, 4.69) is 10.9 Å². The van der Waals surface area contributed by atoms with Crippen LogP contribution in [0.25, 0.3) is 0 Å². The second-order valence-corrected chi connectivity index (χ2v) is 6.22. The third-order valence-corrected chi connectivity index (χ3v) is 4.00. The third kappa shape index (κ3) is 5.60. The zero-order valence-electron chi connectivity index (χ0n) is 15.7. The maximum absolute atomic E-state index is 13.6. The maximum Gasteiger partial charge on any atom is 0.272 e. The number of amides is 2. The molecule has 0 aromatic heterocycles. The number of carbonyl (C=O) groups excluding carboxylic acids is 2. The van der Waals surface area contributed by atoms with Crippen LogP contribution in [-0.4, -0.2) is 25.0 Å². The molecular weight excluding hydrogens is 387 g/mol. The topological polar surface area (TPSA) is 76.7 Å². The lowest BCUT2D eigenvalue weighted by Gasteiger charge is -2.15. The minimum absolute atomic E-state index is 0.158. The van der Waals surface area contributed by atoms with Crippen LogP contribution in [0.4, 0.5) is 4.39 Å². The SMILES string of the molecule is CCCCOc1c(Cl)cc(C(=O)NNC(=O)c2ccccc2F)cc1OCC. The monoisotopic (exact) mass is 408 g/mol. The van der Waals surface area contributed by atoms with E-state index < -0.39 is 17.6 Å². The van der Waals surface area contributed by atoms with E-state index in [1.54, 1.807) is 6.92 Å². The van der Waals surface area contributed by atoms with Gasteiger partial charge in [0.05, 0.1) is 23.8 Å². The molecule has 0 bridgehead atoms. The number of hydrogen-bond acceptors (Lipinski definition) is 4. The first-order valence-electron chi connectivity index (χ1n) is 8.92. The van der Waals surface area contributed by atoms with Gasteiger partial charge in [-0.15, -0.1) is 0 Å². The summed E-state index contributed by atoms with van der Waals surface area (Å²) >= 11 is 6.25. The summed E-state index contributed by atoms with van der Waals surface area (Å²) in [6.07, 6.45) is 1.82. The van der Waals surface area contributed by atoms with Crippen molar-refractivity contribution >= 4 is 23.4 Å². The van der Waals surface area contributed by atoms with Gasteiger partial charge in [-0.25, -0.2) is 4.39 Å². The highest BCUT2D eigenvalue weighted by Crippen LogP contribution is 2.36. The van der Waals surface area contributed by atoms with E-state index in [1.807, 2.05) is 6.92 Å². The molecule has 0 saturated carbocycles. The predicted molar refractivity (Wildman–Crippen MR) is 104 cm³/mol. The third-order valence-electron chi connectivity index (χ3n) is 3.72. The number of rotatable bonds is 8. The Kier molecular flexibility index (Phi) is 8.07. The minimum Gasteiger partial charge on any atom is -0.490 e. The Morgan fingerprint density at radius 2 is 1.79 bits per heavy atom. The van der Waals surface area contributed by atoms with Gasteiger partial charge in [-0.05, 0) is 37.6 Å². The lowest BCUT2D eigenvalue weighted by Crippen LogP contribution is -2.42. The summed E-state index contributed by atoms with van der Waals surface area (Å²) in [5, 5.41) is 0.215. The van der Waals surface area contributed by atoms with Crippen molar-refractivity contribution in [3.63, 3.8) is 0 Å². The van der Waals surface area contributed by atoms with E-state index in [0.717, 1.165) is 18.9 Å². The van der Waals surface area contributed by atoms with Crippen molar-refractivity contribution in [2.24, 2.45) is 0 Å². The van der Waals surface area contributed by atoms with Crippen molar-refractivity contribution in [2.45, 2.75) is 26.7 Å². The molecule has 8 heteroatoms. The van der Waals surface area contributed by atoms with Gasteiger partial charge in [0.15, 0.2) is 11.5 Å². The number of benzene rings is 2. The van der Waals surface area contributed by atoms with Crippen LogP contribution in [0.5, 0.6) is 11.5 Å². The number of carbonyl (C=O) groups is 2. The minimum atomic E-state index is -0.776. The Morgan fingerprint density at radius 3 is 2.46 bits per heavy atom. The molecule has 0 saturated heterocycles. The van der Waals surface area contributed by atoms with Gasteiger partial charge < -0.3 is 9.47 Å². The molecule has 2 rings (SSSR count). The number of halogens is 2. The zero-order valence-corrected chi connectivity index (χ0v) is 16.4. The Hall–Kier alpha value is -2.80. The van der Waals surface area contributed by atoms with E-state index in [1.165, 1.54) is 30.3 Å². The second kappa shape index (κ2) is 10.5. The van der Waals surface area contributed by atoms with E-state index in [0.29, 0.717) is 24.7 Å². The standard InChI is InChI=1S/C20H22ClFN2O4/c1-3-5-10-28-18-15(21)11-13(12-17(18)27-4-2)19(25)23-24-20(26)14-8-6-7-9-16(14)22/h6-9,11-12H,3-5,10H2,1-2H3,(H,23,25)(H,24,26). The first-order valence-corrected chi connectivity index (χ1v) is 9.30. The number of nitrogens with one attached hydrogen (secondary N) is 2. The van der Waals surface area contributed by atoms with Crippen LogP contribution < -0.4 is 20.3 Å². The summed E-state index contributed by atoms with van der Waals surface area (Å²) in [5.41, 5.74) is 4.38. The van der Waals surface area contributed by atoms with Crippen molar-refractivity contribution in [3.05, 3.63) is 58.4 Å². The molecule has 0 aliphatic carbocycles. The van der Waals surface area contributed by atoms with Crippen LogP contribution >= 0.6 is 11.6 Å². The fourth-order valence-electron chi connectivity index (χ4n) is 2.32. The van der Waals surface area contributed by atoms with Gasteiger partial charge in [-0.3, -0.25) is 20.4 Å². The van der Waals surface area contributed by atoms with Gasteiger partial charge in [0.1, 0.15) is 5.82 Å². The molecule has 0 radical (unpaired) electrons. The largest absolute Gasteiger partial charge is 0.490 e. The molecule has 2 amide bonds. The van der Waals surface area contributed by atoms with Gasteiger partial charge in [-0.1, -0.05) is 37.1 Å². The van der Waals surface area contributed by atoms with Crippen LogP contribution in [0.1, 0.15) is 47.4 Å². The van der Waals surface area contributed by atoms with Gasteiger partial charge in [0.2, 0.25) is 0 Å². The molecule has 6 nitrogen and oxygen atoms in total. The summed E-state index contributed by atoms with van der Waals surface area (Å²) in [7, 11) is 0. The van der Waals surface area contributed by atoms with Crippen molar-refractivity contribution in [2.75, 3.05) is 13.2 Å². The molecule has 0 aliphatic heterocycles. The zero-order chi connectivity index (χ0) is 20.5. The smallest absolute Gasteiger partial charge is 0.272 e. The highest BCUT2D eigenvalue weighted by Gasteiger charge is 2.18. The van der Waals surface area contributed by atoms with E-state index in [4.69, 9.17) is 21.1 Å². The summed E-state index contributed by atoms with van der Waals surface area (Å²) in [6.45, 7) is 4.67. The van der Waals surface area contributed by atoms with Crippen LogP contribution in [-0.2, 0) is 0 Å². The van der Waals surface area contributed by atoms with Crippen LogP contribution in [0.2, 0.25) is 5.02 Å².